The number of imide groups is 1. The monoisotopic (exact) mass is 422 g/mol. The second-order valence-corrected chi connectivity index (χ2v) is 7.78. The van der Waals surface area contributed by atoms with E-state index in [1.165, 1.54) is 4.90 Å². The molecular weight excluding hydrogens is 392 g/mol. The maximum absolute atomic E-state index is 13.6. The van der Waals surface area contributed by atoms with Crippen LogP contribution in [-0.2, 0) is 19.1 Å². The molecule has 0 atom stereocenters. The van der Waals surface area contributed by atoms with Gasteiger partial charge in [0.2, 0.25) is 0 Å². The van der Waals surface area contributed by atoms with Gasteiger partial charge in [0.05, 0.1) is 24.5 Å². The van der Waals surface area contributed by atoms with Crippen LogP contribution in [0.4, 0.5) is 5.69 Å². The molecule has 0 aliphatic carbocycles. The number of methoxy groups -OCH3 is 2. The molecule has 1 aliphatic rings. The number of ether oxygens (including phenoxy) is 2. The van der Waals surface area contributed by atoms with Gasteiger partial charge in [-0.2, -0.15) is 0 Å². The zero-order valence-corrected chi connectivity index (χ0v) is 18.9. The first-order valence-corrected chi connectivity index (χ1v) is 10.4. The standard InChI is InChI=1S/C25H30N2O4/c1-17-6-10-21(11-7-17)27-24(28)22(20-9-8-18(2)19(3)16-20)23(25(27)29)26(12-14-30-4)13-15-31-5/h6-11,16H,12-15H2,1-5H3. The summed E-state index contributed by atoms with van der Waals surface area (Å²) in [4.78, 5) is 30.4. The van der Waals surface area contributed by atoms with Gasteiger partial charge in [-0.05, 0) is 49.6 Å². The van der Waals surface area contributed by atoms with E-state index in [-0.39, 0.29) is 11.8 Å². The first kappa shape index (κ1) is 22.7. The predicted octanol–water partition coefficient (Wildman–Crippen LogP) is 3.49. The molecule has 2 aromatic rings. The molecule has 2 aromatic carbocycles. The SMILES string of the molecule is COCCN(CCOC)C1=C(c2ccc(C)c(C)c2)C(=O)N(c2ccc(C)cc2)C1=O. The minimum Gasteiger partial charge on any atom is -0.383 e. The molecule has 2 amide bonds. The van der Waals surface area contributed by atoms with Crippen LogP contribution in [0, 0.1) is 20.8 Å². The summed E-state index contributed by atoms with van der Waals surface area (Å²) in [6.07, 6.45) is 0. The maximum atomic E-state index is 13.6. The molecule has 0 aromatic heterocycles. The van der Waals surface area contributed by atoms with Crippen LogP contribution in [0.3, 0.4) is 0 Å². The van der Waals surface area contributed by atoms with Crippen molar-refractivity contribution in [3.8, 4) is 0 Å². The second-order valence-electron chi connectivity index (χ2n) is 7.78. The van der Waals surface area contributed by atoms with E-state index in [2.05, 4.69) is 0 Å². The third-order valence-electron chi connectivity index (χ3n) is 5.59. The van der Waals surface area contributed by atoms with Crippen LogP contribution >= 0.6 is 0 Å². The summed E-state index contributed by atoms with van der Waals surface area (Å²) in [5.41, 5.74) is 5.38. The van der Waals surface area contributed by atoms with Crippen molar-refractivity contribution >= 4 is 23.1 Å². The Morgan fingerprint density at radius 3 is 1.97 bits per heavy atom. The number of benzene rings is 2. The highest BCUT2D eigenvalue weighted by Crippen LogP contribution is 2.35. The van der Waals surface area contributed by atoms with Gasteiger partial charge in [0.25, 0.3) is 11.8 Å². The molecule has 1 aliphatic heterocycles. The highest BCUT2D eigenvalue weighted by Gasteiger charge is 2.42. The van der Waals surface area contributed by atoms with Crippen molar-refractivity contribution in [1.29, 1.82) is 0 Å². The zero-order valence-electron chi connectivity index (χ0n) is 18.9. The average molecular weight is 423 g/mol. The molecule has 0 radical (unpaired) electrons. The summed E-state index contributed by atoms with van der Waals surface area (Å²) in [5, 5.41) is 0. The number of carbonyl (C=O) groups excluding carboxylic acids is 2. The first-order valence-electron chi connectivity index (χ1n) is 10.4. The lowest BCUT2D eigenvalue weighted by molar-refractivity contribution is -0.120. The highest BCUT2D eigenvalue weighted by atomic mass is 16.5. The van der Waals surface area contributed by atoms with Crippen molar-refractivity contribution in [3.63, 3.8) is 0 Å². The van der Waals surface area contributed by atoms with Crippen LogP contribution in [0.2, 0.25) is 0 Å². The van der Waals surface area contributed by atoms with E-state index in [0.29, 0.717) is 43.3 Å². The second kappa shape index (κ2) is 9.90. The molecule has 0 N–H and O–H groups in total. The Kier molecular flexibility index (Phi) is 7.25. The number of nitrogens with zero attached hydrogens (tertiary/aromatic N) is 2. The summed E-state index contributed by atoms with van der Waals surface area (Å²) < 4.78 is 10.5. The van der Waals surface area contributed by atoms with Gasteiger partial charge in [0, 0.05) is 27.3 Å². The predicted molar refractivity (Wildman–Crippen MR) is 122 cm³/mol. The van der Waals surface area contributed by atoms with E-state index in [9.17, 15) is 9.59 Å². The number of hydrogen-bond acceptors (Lipinski definition) is 5. The highest BCUT2D eigenvalue weighted by molar-refractivity contribution is 6.45. The van der Waals surface area contributed by atoms with Crippen LogP contribution in [-0.4, -0.2) is 57.2 Å². The minimum absolute atomic E-state index is 0.313. The molecule has 1 heterocycles. The van der Waals surface area contributed by atoms with Crippen LogP contribution in [0.1, 0.15) is 22.3 Å². The van der Waals surface area contributed by atoms with E-state index in [4.69, 9.17) is 9.47 Å². The van der Waals surface area contributed by atoms with E-state index in [1.54, 1.807) is 26.4 Å². The smallest absolute Gasteiger partial charge is 0.282 e. The Balaban J connectivity index is 2.14. The van der Waals surface area contributed by atoms with Gasteiger partial charge in [0.15, 0.2) is 0 Å². The molecular formula is C25H30N2O4. The quantitative estimate of drug-likeness (QED) is 0.579. The number of hydrogen-bond donors (Lipinski definition) is 0. The van der Waals surface area contributed by atoms with Crippen molar-refractivity contribution < 1.29 is 19.1 Å². The Hall–Kier alpha value is -2.96. The molecule has 0 saturated heterocycles. The molecule has 31 heavy (non-hydrogen) atoms. The van der Waals surface area contributed by atoms with E-state index in [1.807, 2.05) is 56.0 Å². The molecule has 0 spiro atoms. The summed E-state index contributed by atoms with van der Waals surface area (Å²) in [6, 6.07) is 13.3. The Morgan fingerprint density at radius 2 is 1.42 bits per heavy atom. The van der Waals surface area contributed by atoms with Gasteiger partial charge in [-0.1, -0.05) is 35.9 Å². The lowest BCUT2D eigenvalue weighted by Crippen LogP contribution is -2.37. The number of aryl methyl sites for hydroxylation is 3. The zero-order chi connectivity index (χ0) is 22.5. The molecule has 3 rings (SSSR count). The van der Waals surface area contributed by atoms with Gasteiger partial charge in [0.1, 0.15) is 5.70 Å². The number of anilines is 1. The third kappa shape index (κ3) is 4.70. The fraction of sp³-hybridized carbons (Fsp3) is 0.360. The fourth-order valence-electron chi connectivity index (χ4n) is 3.64. The Labute approximate surface area is 184 Å². The van der Waals surface area contributed by atoms with Crippen LogP contribution in [0.25, 0.3) is 5.57 Å². The number of rotatable bonds is 9. The van der Waals surface area contributed by atoms with E-state index < -0.39 is 0 Å². The molecule has 6 heteroatoms. The normalized spacial score (nSPS) is 14.0. The van der Waals surface area contributed by atoms with Crippen molar-refractivity contribution in [2.24, 2.45) is 0 Å². The Bertz CT molecular complexity index is 987. The van der Waals surface area contributed by atoms with Gasteiger partial charge < -0.3 is 14.4 Å². The Morgan fingerprint density at radius 1 is 0.806 bits per heavy atom. The maximum Gasteiger partial charge on any atom is 0.282 e. The lowest BCUT2D eigenvalue weighted by atomic mass is 9.99. The molecule has 0 bridgehead atoms. The van der Waals surface area contributed by atoms with Gasteiger partial charge in [-0.15, -0.1) is 0 Å². The largest absolute Gasteiger partial charge is 0.383 e. The molecule has 0 unspecified atom stereocenters. The van der Waals surface area contributed by atoms with E-state index >= 15 is 0 Å². The van der Waals surface area contributed by atoms with Crippen LogP contribution in [0.15, 0.2) is 48.2 Å². The summed E-state index contributed by atoms with van der Waals surface area (Å²) in [7, 11) is 3.24. The summed E-state index contributed by atoms with van der Waals surface area (Å²) in [5.74, 6) is -0.638. The molecule has 0 fully saturated rings. The van der Waals surface area contributed by atoms with Crippen LogP contribution in [0.5, 0.6) is 0 Å². The summed E-state index contributed by atoms with van der Waals surface area (Å²) in [6.45, 7) is 7.82. The van der Waals surface area contributed by atoms with Crippen molar-refractivity contribution in [3.05, 3.63) is 70.4 Å². The fourth-order valence-corrected chi connectivity index (χ4v) is 3.64. The van der Waals surface area contributed by atoms with Gasteiger partial charge >= 0.3 is 0 Å². The topological polar surface area (TPSA) is 59.1 Å². The van der Waals surface area contributed by atoms with Crippen LogP contribution < -0.4 is 4.90 Å². The van der Waals surface area contributed by atoms with Gasteiger partial charge in [-0.3, -0.25) is 9.59 Å². The van der Waals surface area contributed by atoms with E-state index in [0.717, 1.165) is 22.3 Å². The molecule has 6 nitrogen and oxygen atoms in total. The molecule has 164 valence electrons. The average Bonchev–Trinajstić information content (AvgIpc) is 3.01. The first-order chi connectivity index (χ1) is 14.9. The lowest BCUT2D eigenvalue weighted by Gasteiger charge is -2.25. The van der Waals surface area contributed by atoms with Gasteiger partial charge in [-0.25, -0.2) is 4.90 Å². The number of carbonyl (C=O) groups is 2. The summed E-state index contributed by atoms with van der Waals surface area (Å²) >= 11 is 0. The third-order valence-corrected chi connectivity index (χ3v) is 5.59. The van der Waals surface area contributed by atoms with Crippen molar-refractivity contribution in [2.45, 2.75) is 20.8 Å². The van der Waals surface area contributed by atoms with Crippen molar-refractivity contribution in [1.82, 2.24) is 4.90 Å². The number of amides is 2. The van der Waals surface area contributed by atoms with Crippen molar-refractivity contribution in [2.75, 3.05) is 45.4 Å². The minimum atomic E-state index is -0.325. The molecule has 0 saturated carbocycles.